The highest BCUT2D eigenvalue weighted by Gasteiger charge is 2.45. The van der Waals surface area contributed by atoms with Gasteiger partial charge in [-0.1, -0.05) is 33.3 Å². The van der Waals surface area contributed by atoms with Gasteiger partial charge in [-0.3, -0.25) is 9.59 Å². The molecule has 1 aromatic heterocycles. The molecule has 1 saturated heterocycles. The minimum atomic E-state index is -0.938. The molecule has 2 aromatic rings. The van der Waals surface area contributed by atoms with Crippen molar-refractivity contribution in [1.29, 1.82) is 0 Å². The summed E-state index contributed by atoms with van der Waals surface area (Å²) in [5.41, 5.74) is -0.435. The maximum atomic E-state index is 13.7. The maximum absolute atomic E-state index is 13.7. The van der Waals surface area contributed by atoms with Crippen molar-refractivity contribution < 1.29 is 14.0 Å². The van der Waals surface area contributed by atoms with Gasteiger partial charge in [0.2, 0.25) is 11.7 Å². The summed E-state index contributed by atoms with van der Waals surface area (Å²) in [6.45, 7) is 8.41. The van der Waals surface area contributed by atoms with E-state index in [-0.39, 0.29) is 29.4 Å². The number of rotatable bonds is 5. The van der Waals surface area contributed by atoms with Crippen LogP contribution in [0.15, 0.2) is 24.3 Å². The average Bonchev–Trinajstić information content (AvgIpc) is 3.10. The Balaban J connectivity index is 2.02. The second-order valence-corrected chi connectivity index (χ2v) is 7.58. The van der Waals surface area contributed by atoms with E-state index in [2.05, 4.69) is 15.4 Å². The first-order valence-electron chi connectivity index (χ1n) is 9.61. The van der Waals surface area contributed by atoms with E-state index in [1.165, 1.54) is 16.8 Å². The van der Waals surface area contributed by atoms with E-state index in [0.717, 1.165) is 6.42 Å². The van der Waals surface area contributed by atoms with Gasteiger partial charge in [0.05, 0.1) is 5.69 Å². The third-order valence-electron chi connectivity index (χ3n) is 5.08. The lowest BCUT2D eigenvalue weighted by molar-refractivity contribution is -0.134. The molecule has 1 unspecified atom stereocenters. The van der Waals surface area contributed by atoms with E-state index < -0.39 is 5.54 Å². The predicted octanol–water partition coefficient (Wildman–Crippen LogP) is 2.66. The van der Waals surface area contributed by atoms with Crippen LogP contribution in [0.2, 0.25) is 0 Å². The highest BCUT2D eigenvalue weighted by molar-refractivity contribution is 5.97. The Kier molecular flexibility index (Phi) is 5.49. The van der Waals surface area contributed by atoms with Crippen molar-refractivity contribution in [1.82, 2.24) is 25.0 Å². The number of carbonyl (C=O) groups is 2. The topological polar surface area (TPSA) is 80.1 Å². The number of aromatic nitrogens is 3. The molecule has 28 heavy (non-hydrogen) atoms. The monoisotopic (exact) mass is 387 g/mol. The zero-order valence-corrected chi connectivity index (χ0v) is 16.7. The van der Waals surface area contributed by atoms with E-state index >= 15 is 0 Å². The highest BCUT2D eigenvalue weighted by Crippen LogP contribution is 2.26. The van der Waals surface area contributed by atoms with E-state index in [4.69, 9.17) is 0 Å². The molecule has 1 aromatic carbocycles. The first-order chi connectivity index (χ1) is 13.3. The Morgan fingerprint density at radius 1 is 1.39 bits per heavy atom. The summed E-state index contributed by atoms with van der Waals surface area (Å²) in [4.78, 5) is 31.8. The Hall–Kier alpha value is -2.77. The van der Waals surface area contributed by atoms with Crippen molar-refractivity contribution >= 4 is 11.8 Å². The molecule has 1 fully saturated rings. The first-order valence-corrected chi connectivity index (χ1v) is 9.61. The summed E-state index contributed by atoms with van der Waals surface area (Å²) in [5.74, 6) is -0.383. The largest absolute Gasteiger partial charge is 0.352 e. The first kappa shape index (κ1) is 20.0. The second kappa shape index (κ2) is 7.69. The fourth-order valence-corrected chi connectivity index (χ4v) is 3.61. The molecule has 1 atom stereocenters. The number of halogens is 1. The van der Waals surface area contributed by atoms with Gasteiger partial charge in [0.25, 0.3) is 5.91 Å². The van der Waals surface area contributed by atoms with Crippen molar-refractivity contribution in [3.8, 4) is 5.69 Å². The smallest absolute Gasteiger partial charge is 0.294 e. The SMILES string of the molecule is CCCC1(C)C(=O)NCCN1C(=O)c1nc(C(C)C)n(-c2cccc(F)c2)n1. The van der Waals surface area contributed by atoms with Crippen LogP contribution in [0.1, 0.15) is 62.9 Å². The maximum Gasteiger partial charge on any atom is 0.294 e. The third kappa shape index (κ3) is 3.50. The lowest BCUT2D eigenvalue weighted by Gasteiger charge is -2.43. The van der Waals surface area contributed by atoms with Gasteiger partial charge in [-0.15, -0.1) is 5.10 Å². The number of hydrogen-bond acceptors (Lipinski definition) is 4. The van der Waals surface area contributed by atoms with Gasteiger partial charge in [0.15, 0.2) is 0 Å². The van der Waals surface area contributed by atoms with Crippen LogP contribution >= 0.6 is 0 Å². The Morgan fingerprint density at radius 2 is 2.14 bits per heavy atom. The fraction of sp³-hybridized carbons (Fsp3) is 0.500. The molecule has 1 aliphatic heterocycles. The number of amides is 2. The molecule has 0 saturated carbocycles. The number of hydrogen-bond donors (Lipinski definition) is 1. The van der Waals surface area contributed by atoms with Gasteiger partial charge in [-0.2, -0.15) is 0 Å². The minimum absolute atomic E-state index is 0.0185. The van der Waals surface area contributed by atoms with Crippen LogP contribution in [0.3, 0.4) is 0 Å². The van der Waals surface area contributed by atoms with Crippen molar-refractivity contribution in [2.45, 2.75) is 52.0 Å². The summed E-state index contributed by atoms with van der Waals surface area (Å²) in [6.07, 6.45) is 1.31. The van der Waals surface area contributed by atoms with Gasteiger partial charge in [0, 0.05) is 19.0 Å². The fourth-order valence-electron chi connectivity index (χ4n) is 3.61. The molecule has 0 radical (unpaired) electrons. The average molecular weight is 387 g/mol. The second-order valence-electron chi connectivity index (χ2n) is 7.58. The number of piperazine rings is 1. The van der Waals surface area contributed by atoms with Crippen molar-refractivity contribution in [2.75, 3.05) is 13.1 Å². The molecular formula is C20H26FN5O2. The van der Waals surface area contributed by atoms with E-state index in [0.29, 0.717) is 31.0 Å². The quantitative estimate of drug-likeness (QED) is 0.855. The Labute approximate surface area is 163 Å². The van der Waals surface area contributed by atoms with Crippen molar-refractivity contribution in [3.05, 3.63) is 41.7 Å². The zero-order valence-electron chi connectivity index (χ0n) is 16.7. The molecule has 0 spiro atoms. The van der Waals surface area contributed by atoms with Gasteiger partial charge >= 0.3 is 0 Å². The number of carbonyl (C=O) groups excluding carboxylic acids is 2. The van der Waals surface area contributed by atoms with Crippen LogP contribution in [-0.2, 0) is 4.79 Å². The molecule has 0 bridgehead atoms. The number of nitrogens with one attached hydrogen (secondary N) is 1. The Bertz CT molecular complexity index is 894. The summed E-state index contributed by atoms with van der Waals surface area (Å²) in [6, 6.07) is 6.01. The highest BCUT2D eigenvalue weighted by atomic mass is 19.1. The lowest BCUT2D eigenvalue weighted by Crippen LogP contribution is -2.65. The van der Waals surface area contributed by atoms with Crippen molar-refractivity contribution in [3.63, 3.8) is 0 Å². The van der Waals surface area contributed by atoms with Gasteiger partial charge < -0.3 is 10.2 Å². The van der Waals surface area contributed by atoms with Crippen molar-refractivity contribution in [2.24, 2.45) is 0 Å². The van der Waals surface area contributed by atoms with E-state index in [1.54, 1.807) is 24.0 Å². The van der Waals surface area contributed by atoms with Gasteiger partial charge in [-0.25, -0.2) is 14.1 Å². The van der Waals surface area contributed by atoms with Crippen LogP contribution in [0.5, 0.6) is 0 Å². The van der Waals surface area contributed by atoms with Crippen LogP contribution in [0.25, 0.3) is 5.69 Å². The Morgan fingerprint density at radius 3 is 2.79 bits per heavy atom. The van der Waals surface area contributed by atoms with Crippen LogP contribution in [0, 0.1) is 5.82 Å². The van der Waals surface area contributed by atoms with Crippen LogP contribution < -0.4 is 5.32 Å². The third-order valence-corrected chi connectivity index (χ3v) is 5.08. The van der Waals surface area contributed by atoms with E-state index in [1.807, 2.05) is 20.8 Å². The molecule has 0 aliphatic carbocycles. The van der Waals surface area contributed by atoms with Gasteiger partial charge in [0.1, 0.15) is 17.2 Å². The summed E-state index contributed by atoms with van der Waals surface area (Å²) < 4.78 is 15.2. The molecule has 3 rings (SSSR count). The molecule has 7 nitrogen and oxygen atoms in total. The summed E-state index contributed by atoms with van der Waals surface area (Å²) >= 11 is 0. The molecule has 1 aliphatic rings. The summed E-state index contributed by atoms with van der Waals surface area (Å²) in [7, 11) is 0. The molecule has 2 amide bonds. The molecule has 8 heteroatoms. The standard InChI is InChI=1S/C20H26FN5O2/c1-5-9-20(4)19(28)22-10-11-25(20)18(27)16-23-17(13(2)3)26(24-16)15-8-6-7-14(21)12-15/h6-8,12-13H,5,9-11H2,1-4H3,(H,22,28). The molecular weight excluding hydrogens is 361 g/mol. The number of nitrogens with zero attached hydrogens (tertiary/aromatic N) is 4. The predicted molar refractivity (Wildman–Crippen MR) is 103 cm³/mol. The van der Waals surface area contributed by atoms with Crippen LogP contribution in [-0.4, -0.2) is 50.1 Å². The van der Waals surface area contributed by atoms with Gasteiger partial charge in [-0.05, 0) is 31.5 Å². The lowest BCUT2D eigenvalue weighted by atomic mass is 9.90. The zero-order chi connectivity index (χ0) is 20.5. The molecule has 150 valence electrons. The molecule has 2 heterocycles. The van der Waals surface area contributed by atoms with E-state index in [9.17, 15) is 14.0 Å². The minimum Gasteiger partial charge on any atom is -0.352 e. The van der Waals surface area contributed by atoms with Crippen LogP contribution in [0.4, 0.5) is 4.39 Å². The molecule has 1 N–H and O–H groups in total. The normalized spacial score (nSPS) is 19.8. The number of benzene rings is 1. The summed E-state index contributed by atoms with van der Waals surface area (Å²) in [5, 5.41) is 7.22.